The van der Waals surface area contributed by atoms with E-state index < -0.39 is 0 Å². The van der Waals surface area contributed by atoms with E-state index in [0.717, 1.165) is 32.1 Å². The molecule has 1 fully saturated rings. The monoisotopic (exact) mass is 169 g/mol. The van der Waals surface area contributed by atoms with Crippen LogP contribution in [0.1, 0.15) is 46.0 Å². The zero-order valence-electron chi connectivity index (χ0n) is 7.93. The SMILES string of the molecule is CC[CH]OC(=O)C1(C)CCCC1. The predicted molar refractivity (Wildman–Crippen MR) is 47.3 cm³/mol. The molecule has 0 aromatic carbocycles. The van der Waals surface area contributed by atoms with Crippen LogP contribution in [0.3, 0.4) is 0 Å². The van der Waals surface area contributed by atoms with Crippen molar-refractivity contribution in [3.63, 3.8) is 0 Å². The van der Waals surface area contributed by atoms with Crippen molar-refractivity contribution in [2.24, 2.45) is 5.41 Å². The highest BCUT2D eigenvalue weighted by Crippen LogP contribution is 2.38. The van der Waals surface area contributed by atoms with Gasteiger partial charge in [-0.1, -0.05) is 19.8 Å². The summed E-state index contributed by atoms with van der Waals surface area (Å²) in [6.07, 6.45) is 5.10. The molecule has 0 spiro atoms. The predicted octanol–water partition coefficient (Wildman–Crippen LogP) is 2.68. The van der Waals surface area contributed by atoms with Crippen molar-refractivity contribution < 1.29 is 9.53 Å². The molecular weight excluding hydrogens is 152 g/mol. The van der Waals surface area contributed by atoms with Gasteiger partial charge in [0, 0.05) is 0 Å². The molecular formula is C10H17O2. The normalized spacial score (nSPS) is 20.8. The Bertz CT molecular complexity index is 157. The molecule has 0 bridgehead atoms. The molecule has 1 radical (unpaired) electrons. The first-order valence-electron chi connectivity index (χ1n) is 4.72. The van der Waals surface area contributed by atoms with Crippen LogP contribution >= 0.6 is 0 Å². The van der Waals surface area contributed by atoms with E-state index in [1.54, 1.807) is 6.61 Å². The van der Waals surface area contributed by atoms with Crippen LogP contribution in [0.5, 0.6) is 0 Å². The Morgan fingerprint density at radius 2 is 2.08 bits per heavy atom. The number of esters is 1. The summed E-state index contributed by atoms with van der Waals surface area (Å²) >= 11 is 0. The van der Waals surface area contributed by atoms with Crippen LogP contribution in [0.4, 0.5) is 0 Å². The Morgan fingerprint density at radius 3 is 2.58 bits per heavy atom. The molecule has 1 rings (SSSR count). The first-order chi connectivity index (χ1) is 5.69. The quantitative estimate of drug-likeness (QED) is 0.607. The van der Waals surface area contributed by atoms with Crippen molar-refractivity contribution in [1.29, 1.82) is 0 Å². The van der Waals surface area contributed by atoms with Crippen LogP contribution in [0.2, 0.25) is 0 Å². The van der Waals surface area contributed by atoms with E-state index in [2.05, 4.69) is 0 Å². The summed E-state index contributed by atoms with van der Waals surface area (Å²) in [4.78, 5) is 11.5. The summed E-state index contributed by atoms with van der Waals surface area (Å²) in [5.74, 6) is -0.0400. The molecule has 0 amide bonds. The van der Waals surface area contributed by atoms with E-state index in [9.17, 15) is 4.79 Å². The maximum Gasteiger partial charge on any atom is 0.312 e. The summed E-state index contributed by atoms with van der Waals surface area (Å²) in [5, 5.41) is 0. The van der Waals surface area contributed by atoms with Gasteiger partial charge in [-0.25, -0.2) is 0 Å². The van der Waals surface area contributed by atoms with Gasteiger partial charge in [0.15, 0.2) is 0 Å². The van der Waals surface area contributed by atoms with Gasteiger partial charge in [-0.05, 0) is 26.2 Å². The summed E-state index contributed by atoms with van der Waals surface area (Å²) < 4.78 is 5.01. The van der Waals surface area contributed by atoms with Crippen LogP contribution in [0.15, 0.2) is 0 Å². The van der Waals surface area contributed by atoms with Crippen LogP contribution in [-0.4, -0.2) is 5.97 Å². The molecule has 0 aromatic rings. The van der Waals surface area contributed by atoms with Crippen LogP contribution < -0.4 is 0 Å². The zero-order chi connectivity index (χ0) is 9.03. The fraction of sp³-hybridized carbons (Fsp3) is 0.800. The minimum Gasteiger partial charge on any atom is -0.458 e. The fourth-order valence-corrected chi connectivity index (χ4v) is 1.66. The number of hydrogen-bond acceptors (Lipinski definition) is 2. The van der Waals surface area contributed by atoms with E-state index in [-0.39, 0.29) is 11.4 Å². The van der Waals surface area contributed by atoms with Crippen LogP contribution in [0.25, 0.3) is 0 Å². The van der Waals surface area contributed by atoms with Crippen LogP contribution in [-0.2, 0) is 9.53 Å². The zero-order valence-corrected chi connectivity index (χ0v) is 7.93. The maximum atomic E-state index is 11.5. The highest BCUT2D eigenvalue weighted by atomic mass is 16.5. The third kappa shape index (κ3) is 1.99. The second kappa shape index (κ2) is 3.92. The van der Waals surface area contributed by atoms with Gasteiger partial charge >= 0.3 is 5.97 Å². The summed E-state index contributed by atoms with van der Waals surface area (Å²) in [5.41, 5.74) is -0.189. The number of carbonyl (C=O) groups is 1. The van der Waals surface area contributed by atoms with E-state index >= 15 is 0 Å². The van der Waals surface area contributed by atoms with E-state index in [0.29, 0.717) is 0 Å². The Hall–Kier alpha value is -0.530. The molecule has 12 heavy (non-hydrogen) atoms. The van der Waals surface area contributed by atoms with Gasteiger partial charge in [0.25, 0.3) is 0 Å². The molecule has 69 valence electrons. The Kier molecular flexibility index (Phi) is 3.12. The Morgan fingerprint density at radius 1 is 1.50 bits per heavy atom. The molecule has 2 heteroatoms. The maximum absolute atomic E-state index is 11.5. The lowest BCUT2D eigenvalue weighted by Gasteiger charge is -2.20. The molecule has 0 N–H and O–H groups in total. The second-order valence-corrected chi connectivity index (χ2v) is 3.75. The third-order valence-corrected chi connectivity index (χ3v) is 2.56. The molecule has 0 aliphatic heterocycles. The first-order valence-corrected chi connectivity index (χ1v) is 4.72. The third-order valence-electron chi connectivity index (χ3n) is 2.56. The van der Waals surface area contributed by atoms with Crippen molar-refractivity contribution in [2.75, 3.05) is 0 Å². The number of hydrogen-bond donors (Lipinski definition) is 0. The second-order valence-electron chi connectivity index (χ2n) is 3.75. The van der Waals surface area contributed by atoms with Gasteiger partial charge in [-0.2, -0.15) is 0 Å². The van der Waals surface area contributed by atoms with Crippen molar-refractivity contribution >= 4 is 5.97 Å². The molecule has 2 nitrogen and oxygen atoms in total. The number of ether oxygens (including phenoxy) is 1. The lowest BCUT2D eigenvalue weighted by molar-refractivity contribution is -0.151. The van der Waals surface area contributed by atoms with Gasteiger partial charge in [0.2, 0.25) is 0 Å². The average molecular weight is 169 g/mol. The summed E-state index contributed by atoms with van der Waals surface area (Å²) in [6, 6.07) is 0. The number of carbonyl (C=O) groups excluding carboxylic acids is 1. The number of rotatable bonds is 3. The lowest BCUT2D eigenvalue weighted by atomic mass is 9.89. The minimum atomic E-state index is -0.189. The summed E-state index contributed by atoms with van der Waals surface area (Å²) in [6.45, 7) is 5.56. The molecule has 1 aliphatic carbocycles. The highest BCUT2D eigenvalue weighted by Gasteiger charge is 2.37. The van der Waals surface area contributed by atoms with Crippen molar-refractivity contribution in [1.82, 2.24) is 0 Å². The molecule has 1 saturated carbocycles. The molecule has 1 aliphatic rings. The Balaban J connectivity index is 2.39. The minimum absolute atomic E-state index is 0.0400. The largest absolute Gasteiger partial charge is 0.458 e. The van der Waals surface area contributed by atoms with Gasteiger partial charge in [-0.3, -0.25) is 4.79 Å². The smallest absolute Gasteiger partial charge is 0.312 e. The first kappa shape index (κ1) is 9.56. The molecule has 0 atom stereocenters. The Labute approximate surface area is 74.3 Å². The molecule has 0 heterocycles. The fourth-order valence-electron chi connectivity index (χ4n) is 1.66. The molecule has 0 unspecified atom stereocenters. The van der Waals surface area contributed by atoms with Crippen molar-refractivity contribution in [2.45, 2.75) is 46.0 Å². The average Bonchev–Trinajstić information content (AvgIpc) is 2.49. The van der Waals surface area contributed by atoms with Gasteiger partial charge in [0.05, 0.1) is 5.41 Å². The van der Waals surface area contributed by atoms with Gasteiger partial charge in [0.1, 0.15) is 6.61 Å². The van der Waals surface area contributed by atoms with E-state index in [1.807, 2.05) is 13.8 Å². The highest BCUT2D eigenvalue weighted by molar-refractivity contribution is 5.77. The molecule has 0 aromatic heterocycles. The molecule has 0 saturated heterocycles. The van der Waals surface area contributed by atoms with E-state index in [1.165, 1.54) is 0 Å². The summed E-state index contributed by atoms with van der Waals surface area (Å²) in [7, 11) is 0. The van der Waals surface area contributed by atoms with Crippen LogP contribution in [0, 0.1) is 12.0 Å². The van der Waals surface area contributed by atoms with Gasteiger partial charge < -0.3 is 4.74 Å². The standard InChI is InChI=1S/C10H17O2/c1-3-8-12-9(11)10(2)6-4-5-7-10/h8H,3-7H2,1-2H3. The van der Waals surface area contributed by atoms with Crippen molar-refractivity contribution in [3.05, 3.63) is 6.61 Å². The van der Waals surface area contributed by atoms with Crippen molar-refractivity contribution in [3.8, 4) is 0 Å². The topological polar surface area (TPSA) is 26.3 Å². The van der Waals surface area contributed by atoms with E-state index in [4.69, 9.17) is 4.74 Å². The lowest BCUT2D eigenvalue weighted by Crippen LogP contribution is -2.25. The van der Waals surface area contributed by atoms with Gasteiger partial charge in [-0.15, -0.1) is 0 Å².